The normalized spacial score (nSPS) is 12.0. The maximum atomic E-state index is 12.4. The quantitative estimate of drug-likeness (QED) is 0.650. The van der Waals surface area contributed by atoms with Gasteiger partial charge in [0.2, 0.25) is 0 Å². The van der Waals surface area contributed by atoms with Gasteiger partial charge in [-0.25, -0.2) is 0 Å². The van der Waals surface area contributed by atoms with Crippen LogP contribution in [-0.2, 0) is 19.6 Å². The van der Waals surface area contributed by atoms with Crippen LogP contribution in [0, 0.1) is 0 Å². The van der Waals surface area contributed by atoms with E-state index in [2.05, 4.69) is 17.3 Å². The highest BCUT2D eigenvalue weighted by Crippen LogP contribution is 2.17. The molecular weight excluding hydrogens is 342 g/mol. The first kappa shape index (κ1) is 18.8. The molecule has 142 valence electrons. The van der Waals surface area contributed by atoms with Gasteiger partial charge >= 0.3 is 0 Å². The number of aryl methyl sites for hydroxylation is 2. The average molecular weight is 367 g/mol. The topological polar surface area (TPSA) is 69.3 Å². The smallest absolute Gasteiger partial charge is 0.287 e. The summed E-state index contributed by atoms with van der Waals surface area (Å²) in [5.41, 5.74) is 2.22. The molecule has 0 saturated carbocycles. The van der Waals surface area contributed by atoms with Crippen molar-refractivity contribution >= 4 is 5.91 Å². The van der Waals surface area contributed by atoms with Crippen molar-refractivity contribution < 1.29 is 13.9 Å². The Morgan fingerprint density at radius 3 is 2.67 bits per heavy atom. The average Bonchev–Trinajstić information content (AvgIpc) is 3.36. The number of carbonyl (C=O) groups excluding carboxylic acids is 1. The highest BCUT2D eigenvalue weighted by molar-refractivity contribution is 5.91. The van der Waals surface area contributed by atoms with Crippen molar-refractivity contribution in [1.29, 1.82) is 0 Å². The van der Waals surface area contributed by atoms with Crippen molar-refractivity contribution in [2.24, 2.45) is 0 Å². The second-order valence-electron chi connectivity index (χ2n) is 6.32. The minimum absolute atomic E-state index is 0.165. The molecule has 0 aliphatic heterocycles. The lowest BCUT2D eigenvalue weighted by molar-refractivity contribution is 0.0906. The third-order valence-corrected chi connectivity index (χ3v) is 4.44. The Hall–Kier alpha value is -3.02. The number of nitrogens with zero attached hydrogens (tertiary/aromatic N) is 2. The Labute approximate surface area is 159 Å². The zero-order valence-corrected chi connectivity index (χ0v) is 15.9. The molecule has 0 spiro atoms. The van der Waals surface area contributed by atoms with E-state index < -0.39 is 0 Å². The van der Waals surface area contributed by atoms with Crippen LogP contribution in [0.1, 0.15) is 54.4 Å². The van der Waals surface area contributed by atoms with Crippen LogP contribution in [0.2, 0.25) is 0 Å². The Morgan fingerprint density at radius 1 is 1.19 bits per heavy atom. The molecule has 1 unspecified atom stereocenters. The molecule has 6 heteroatoms. The van der Waals surface area contributed by atoms with Crippen molar-refractivity contribution in [2.75, 3.05) is 0 Å². The number of nitrogens with one attached hydrogen (secondary N) is 1. The maximum Gasteiger partial charge on any atom is 0.287 e. The molecule has 3 aromatic rings. The predicted octanol–water partition coefficient (Wildman–Crippen LogP) is 4.13. The summed E-state index contributed by atoms with van der Waals surface area (Å²) in [7, 11) is 0. The van der Waals surface area contributed by atoms with Crippen molar-refractivity contribution in [3.63, 3.8) is 0 Å². The van der Waals surface area contributed by atoms with E-state index in [-0.39, 0.29) is 24.3 Å². The van der Waals surface area contributed by atoms with Gasteiger partial charge in [-0.3, -0.25) is 9.48 Å². The molecule has 0 aliphatic rings. The molecule has 27 heavy (non-hydrogen) atoms. The summed E-state index contributed by atoms with van der Waals surface area (Å²) < 4.78 is 13.2. The van der Waals surface area contributed by atoms with E-state index in [1.165, 1.54) is 5.56 Å². The van der Waals surface area contributed by atoms with Crippen molar-refractivity contribution in [3.8, 4) is 5.75 Å². The molecule has 0 bridgehead atoms. The van der Waals surface area contributed by atoms with Crippen molar-refractivity contribution in [1.82, 2.24) is 15.1 Å². The highest BCUT2D eigenvalue weighted by atomic mass is 16.5. The lowest BCUT2D eigenvalue weighted by Crippen LogP contribution is -2.28. The Kier molecular flexibility index (Phi) is 5.96. The maximum absolute atomic E-state index is 12.4. The van der Waals surface area contributed by atoms with Crippen LogP contribution in [0.15, 0.2) is 53.1 Å². The molecular formula is C21H25N3O3. The van der Waals surface area contributed by atoms with E-state index >= 15 is 0 Å². The number of hydrogen-bond donors (Lipinski definition) is 1. The molecule has 0 fully saturated rings. The second kappa shape index (κ2) is 8.58. The Balaban J connectivity index is 1.56. The molecule has 0 radical (unpaired) electrons. The van der Waals surface area contributed by atoms with Crippen LogP contribution in [0.25, 0.3) is 0 Å². The fourth-order valence-electron chi connectivity index (χ4n) is 2.87. The van der Waals surface area contributed by atoms with Crippen LogP contribution in [0.3, 0.4) is 0 Å². The van der Waals surface area contributed by atoms with E-state index in [4.69, 9.17) is 9.15 Å². The molecule has 0 aliphatic carbocycles. The van der Waals surface area contributed by atoms with Gasteiger partial charge in [0.15, 0.2) is 5.76 Å². The molecule has 6 nitrogen and oxygen atoms in total. The lowest BCUT2D eigenvalue weighted by atomic mass is 10.2. The SMILES string of the molecule is CCc1ccc(OCc2ccc(C(=O)NC(C)c3ccnn3CC)o2)cc1. The third kappa shape index (κ3) is 4.58. The predicted molar refractivity (Wildman–Crippen MR) is 103 cm³/mol. The molecule has 1 N–H and O–H groups in total. The lowest BCUT2D eigenvalue weighted by Gasteiger charge is -2.14. The van der Waals surface area contributed by atoms with Gasteiger partial charge in [0.05, 0.1) is 11.7 Å². The van der Waals surface area contributed by atoms with Crippen LogP contribution in [-0.4, -0.2) is 15.7 Å². The van der Waals surface area contributed by atoms with E-state index in [9.17, 15) is 4.79 Å². The molecule has 1 atom stereocenters. The Morgan fingerprint density at radius 2 is 1.96 bits per heavy atom. The van der Waals surface area contributed by atoms with E-state index in [1.807, 2.05) is 48.9 Å². The summed E-state index contributed by atoms with van der Waals surface area (Å²) >= 11 is 0. The minimum atomic E-state index is -0.259. The number of amides is 1. The number of hydrogen-bond acceptors (Lipinski definition) is 4. The number of furan rings is 1. The van der Waals surface area contributed by atoms with E-state index in [0.29, 0.717) is 5.76 Å². The van der Waals surface area contributed by atoms with Crippen molar-refractivity contribution in [3.05, 3.63) is 71.4 Å². The van der Waals surface area contributed by atoms with Gasteiger partial charge in [-0.1, -0.05) is 19.1 Å². The first-order valence-electron chi connectivity index (χ1n) is 9.23. The zero-order chi connectivity index (χ0) is 19.2. The van der Waals surface area contributed by atoms with Gasteiger partial charge in [-0.2, -0.15) is 5.10 Å². The summed E-state index contributed by atoms with van der Waals surface area (Å²) in [4.78, 5) is 12.4. The first-order valence-corrected chi connectivity index (χ1v) is 9.23. The Bertz CT molecular complexity index is 880. The summed E-state index contributed by atoms with van der Waals surface area (Å²) in [5, 5.41) is 7.17. The van der Waals surface area contributed by atoms with E-state index in [0.717, 1.165) is 24.4 Å². The molecule has 1 aromatic carbocycles. The number of aromatic nitrogens is 2. The second-order valence-corrected chi connectivity index (χ2v) is 6.32. The molecule has 2 heterocycles. The monoisotopic (exact) mass is 367 g/mol. The molecule has 0 saturated heterocycles. The van der Waals surface area contributed by atoms with Crippen molar-refractivity contribution in [2.45, 2.75) is 46.4 Å². The molecule has 2 aromatic heterocycles. The number of carbonyl (C=O) groups is 1. The summed E-state index contributed by atoms with van der Waals surface area (Å²) in [6, 6.07) is 13.1. The zero-order valence-electron chi connectivity index (χ0n) is 15.9. The molecule has 1 amide bonds. The standard InChI is InChI=1S/C21H25N3O3/c1-4-16-6-8-17(9-7-16)26-14-18-10-11-20(27-18)21(25)23-15(3)19-12-13-22-24(19)5-2/h6-13,15H,4-5,14H2,1-3H3,(H,23,25). The first-order chi connectivity index (χ1) is 13.1. The summed E-state index contributed by atoms with van der Waals surface area (Å²) in [6.45, 7) is 7.08. The minimum Gasteiger partial charge on any atom is -0.486 e. The van der Waals surface area contributed by atoms with Crippen LogP contribution in [0.4, 0.5) is 0 Å². The summed E-state index contributed by atoms with van der Waals surface area (Å²) in [5.74, 6) is 1.39. The fourth-order valence-corrected chi connectivity index (χ4v) is 2.87. The van der Waals surface area contributed by atoms with E-state index in [1.54, 1.807) is 18.3 Å². The van der Waals surface area contributed by atoms with Gasteiger partial charge in [0.1, 0.15) is 18.1 Å². The number of benzene rings is 1. The van der Waals surface area contributed by atoms with Gasteiger partial charge in [-0.15, -0.1) is 0 Å². The van der Waals surface area contributed by atoms with Crippen LogP contribution >= 0.6 is 0 Å². The molecule has 3 rings (SSSR count). The number of rotatable bonds is 8. The largest absolute Gasteiger partial charge is 0.486 e. The van der Waals surface area contributed by atoms with Crippen LogP contribution < -0.4 is 10.1 Å². The fraction of sp³-hybridized carbons (Fsp3) is 0.333. The van der Waals surface area contributed by atoms with Gasteiger partial charge in [0, 0.05) is 12.7 Å². The van der Waals surface area contributed by atoms with Gasteiger partial charge in [0.25, 0.3) is 5.91 Å². The van der Waals surface area contributed by atoms with Gasteiger partial charge < -0.3 is 14.5 Å². The third-order valence-electron chi connectivity index (χ3n) is 4.44. The van der Waals surface area contributed by atoms with Gasteiger partial charge in [-0.05, 0) is 56.2 Å². The summed E-state index contributed by atoms with van der Waals surface area (Å²) in [6.07, 6.45) is 2.73. The highest BCUT2D eigenvalue weighted by Gasteiger charge is 2.17. The number of ether oxygens (including phenoxy) is 1. The van der Waals surface area contributed by atoms with Crippen LogP contribution in [0.5, 0.6) is 5.75 Å².